The third kappa shape index (κ3) is 4.19. The quantitative estimate of drug-likeness (QED) is 0.667. The van der Waals surface area contributed by atoms with Crippen LogP contribution in [0.2, 0.25) is 0 Å². The minimum Gasteiger partial charge on any atom is -0.485 e. The highest BCUT2D eigenvalue weighted by Crippen LogP contribution is 2.32. The average molecular weight is 388 g/mol. The highest BCUT2D eigenvalue weighted by molar-refractivity contribution is 5.95. The molecule has 5 heteroatoms. The Balaban J connectivity index is 1.45. The van der Waals surface area contributed by atoms with E-state index in [2.05, 4.69) is 36.2 Å². The second-order valence-electron chi connectivity index (χ2n) is 7.20. The van der Waals surface area contributed by atoms with E-state index in [1.54, 1.807) is 6.07 Å². The average Bonchev–Trinajstić information content (AvgIpc) is 2.75. The van der Waals surface area contributed by atoms with Crippen molar-refractivity contribution >= 4 is 23.0 Å². The molecule has 0 saturated carbocycles. The van der Waals surface area contributed by atoms with E-state index >= 15 is 0 Å². The van der Waals surface area contributed by atoms with Gasteiger partial charge in [0, 0.05) is 23.1 Å². The number of nitrogens with one attached hydrogen (secondary N) is 1. The first-order valence-electron chi connectivity index (χ1n) is 9.75. The van der Waals surface area contributed by atoms with Gasteiger partial charge in [0.05, 0.1) is 0 Å². The van der Waals surface area contributed by atoms with Crippen molar-refractivity contribution in [3.05, 3.63) is 78.9 Å². The molecule has 0 radical (unpaired) electrons. The third-order valence-corrected chi connectivity index (χ3v) is 4.76. The topological polar surface area (TPSA) is 50.8 Å². The van der Waals surface area contributed by atoms with Gasteiger partial charge in [0.25, 0.3) is 5.91 Å². The number of ether oxygens (including phenoxy) is 2. The number of hydrogen-bond acceptors (Lipinski definition) is 4. The molecule has 1 amide bonds. The Morgan fingerprint density at radius 1 is 0.897 bits per heavy atom. The Morgan fingerprint density at radius 2 is 1.52 bits per heavy atom. The number of para-hydroxylation sites is 3. The fourth-order valence-electron chi connectivity index (χ4n) is 3.41. The lowest BCUT2D eigenvalue weighted by molar-refractivity contribution is -0.125. The van der Waals surface area contributed by atoms with Gasteiger partial charge >= 0.3 is 0 Å². The van der Waals surface area contributed by atoms with Crippen molar-refractivity contribution in [1.29, 1.82) is 0 Å². The zero-order valence-electron chi connectivity index (χ0n) is 16.5. The van der Waals surface area contributed by atoms with Gasteiger partial charge in [-0.1, -0.05) is 30.3 Å². The fourth-order valence-corrected chi connectivity index (χ4v) is 3.41. The van der Waals surface area contributed by atoms with Gasteiger partial charge in [-0.2, -0.15) is 0 Å². The fraction of sp³-hybridized carbons (Fsp3) is 0.208. The molecule has 0 unspecified atom stereocenters. The molecule has 3 aromatic rings. The predicted molar refractivity (Wildman–Crippen MR) is 115 cm³/mol. The normalized spacial score (nSPS) is 15.1. The smallest absolute Gasteiger partial charge is 0.269 e. The van der Waals surface area contributed by atoms with Crippen molar-refractivity contribution in [3.63, 3.8) is 0 Å². The number of anilines is 3. The molecule has 29 heavy (non-hydrogen) atoms. The number of rotatable bonds is 5. The molecule has 4 rings (SSSR count). The Bertz CT molecular complexity index is 971. The largest absolute Gasteiger partial charge is 0.485 e. The van der Waals surface area contributed by atoms with Crippen molar-refractivity contribution < 1.29 is 14.3 Å². The van der Waals surface area contributed by atoms with Crippen molar-refractivity contribution in [2.45, 2.75) is 26.0 Å². The summed E-state index contributed by atoms with van der Waals surface area (Å²) in [5.74, 6) is 1.02. The Hall–Kier alpha value is -3.47. The zero-order valence-corrected chi connectivity index (χ0v) is 16.5. The third-order valence-electron chi connectivity index (χ3n) is 4.76. The zero-order chi connectivity index (χ0) is 20.2. The summed E-state index contributed by atoms with van der Waals surface area (Å²) in [6.07, 6.45) is -0.680. The number of carbonyl (C=O) groups excluding carboxylic acids is 1. The molecule has 0 fully saturated rings. The lowest BCUT2D eigenvalue weighted by Gasteiger charge is -2.29. The summed E-state index contributed by atoms with van der Waals surface area (Å²) < 4.78 is 11.4. The van der Waals surface area contributed by atoms with E-state index in [1.165, 1.54) is 0 Å². The second-order valence-corrected chi connectivity index (χ2v) is 7.20. The van der Waals surface area contributed by atoms with E-state index in [1.807, 2.05) is 60.7 Å². The van der Waals surface area contributed by atoms with Crippen LogP contribution in [0.4, 0.5) is 17.1 Å². The maximum absolute atomic E-state index is 12.6. The first kappa shape index (κ1) is 18.9. The van der Waals surface area contributed by atoms with E-state index in [0.717, 1.165) is 17.1 Å². The molecular formula is C24H24N2O3. The number of carbonyl (C=O) groups is 1. The second kappa shape index (κ2) is 8.27. The summed E-state index contributed by atoms with van der Waals surface area (Å²) in [7, 11) is 0. The SMILES string of the molecule is CC(C)N(c1ccccc1)c1ccc(NC(=O)[C@H]2COc3ccccc3O2)cc1. The van der Waals surface area contributed by atoms with Crippen LogP contribution in [-0.4, -0.2) is 24.7 Å². The van der Waals surface area contributed by atoms with Gasteiger partial charge in [-0.05, 0) is 62.4 Å². The molecule has 3 aromatic carbocycles. The van der Waals surface area contributed by atoms with Crippen LogP contribution in [0.5, 0.6) is 11.5 Å². The van der Waals surface area contributed by atoms with Gasteiger partial charge in [0.2, 0.25) is 6.10 Å². The Kier molecular flexibility index (Phi) is 5.38. The number of amides is 1. The van der Waals surface area contributed by atoms with Gasteiger partial charge in [-0.3, -0.25) is 4.79 Å². The minimum atomic E-state index is -0.680. The van der Waals surface area contributed by atoms with E-state index < -0.39 is 6.10 Å². The van der Waals surface area contributed by atoms with Crippen LogP contribution in [0, 0.1) is 0 Å². The van der Waals surface area contributed by atoms with Crippen molar-refractivity contribution in [2.24, 2.45) is 0 Å². The van der Waals surface area contributed by atoms with Gasteiger partial charge in [0.15, 0.2) is 11.5 Å². The number of nitrogens with zero attached hydrogens (tertiary/aromatic N) is 1. The van der Waals surface area contributed by atoms with Gasteiger partial charge in [-0.25, -0.2) is 0 Å². The first-order valence-corrected chi connectivity index (χ1v) is 9.75. The van der Waals surface area contributed by atoms with Crippen molar-refractivity contribution in [2.75, 3.05) is 16.8 Å². The minimum absolute atomic E-state index is 0.191. The molecule has 0 saturated heterocycles. The molecule has 0 aromatic heterocycles. The molecule has 0 spiro atoms. The van der Waals surface area contributed by atoms with E-state index in [4.69, 9.17) is 9.47 Å². The molecule has 0 aliphatic carbocycles. The van der Waals surface area contributed by atoms with E-state index in [9.17, 15) is 4.79 Å². The summed E-state index contributed by atoms with van der Waals surface area (Å²) in [6, 6.07) is 25.7. The molecule has 0 bridgehead atoms. The molecular weight excluding hydrogens is 364 g/mol. The molecule has 148 valence electrons. The van der Waals surface area contributed by atoms with Gasteiger partial charge in [0.1, 0.15) is 6.61 Å². The summed E-state index contributed by atoms with van der Waals surface area (Å²) in [5, 5.41) is 2.92. The van der Waals surface area contributed by atoms with Crippen LogP contribution in [0.3, 0.4) is 0 Å². The van der Waals surface area contributed by atoms with Crippen LogP contribution >= 0.6 is 0 Å². The number of benzene rings is 3. The molecule has 1 heterocycles. The summed E-state index contributed by atoms with van der Waals surface area (Å²) in [4.78, 5) is 14.8. The Morgan fingerprint density at radius 3 is 2.21 bits per heavy atom. The molecule has 1 atom stereocenters. The van der Waals surface area contributed by atoms with E-state index in [0.29, 0.717) is 17.5 Å². The van der Waals surface area contributed by atoms with E-state index in [-0.39, 0.29) is 12.5 Å². The van der Waals surface area contributed by atoms with Crippen LogP contribution in [0.1, 0.15) is 13.8 Å². The molecule has 1 aliphatic rings. The van der Waals surface area contributed by atoms with Crippen molar-refractivity contribution in [3.8, 4) is 11.5 Å². The Labute approximate surface area is 170 Å². The number of fused-ring (bicyclic) bond motifs is 1. The van der Waals surface area contributed by atoms with Crippen molar-refractivity contribution in [1.82, 2.24) is 0 Å². The van der Waals surface area contributed by atoms with Gasteiger partial charge in [-0.15, -0.1) is 0 Å². The van der Waals surface area contributed by atoms with Crippen LogP contribution in [-0.2, 0) is 4.79 Å². The summed E-state index contributed by atoms with van der Waals surface area (Å²) >= 11 is 0. The predicted octanol–water partition coefficient (Wildman–Crippen LogP) is 5.01. The maximum atomic E-state index is 12.6. The van der Waals surface area contributed by atoms with Gasteiger partial charge < -0.3 is 19.7 Å². The number of hydrogen-bond donors (Lipinski definition) is 1. The van der Waals surface area contributed by atoms with Crippen LogP contribution in [0.25, 0.3) is 0 Å². The highest BCUT2D eigenvalue weighted by atomic mass is 16.6. The summed E-state index contributed by atoms with van der Waals surface area (Å²) in [6.45, 7) is 4.50. The van der Waals surface area contributed by atoms with Crippen LogP contribution < -0.4 is 19.7 Å². The molecule has 1 aliphatic heterocycles. The summed E-state index contributed by atoms with van der Waals surface area (Å²) in [5.41, 5.74) is 2.92. The standard InChI is InChI=1S/C24H24N2O3/c1-17(2)26(19-8-4-3-5-9-19)20-14-12-18(13-15-20)25-24(27)23-16-28-21-10-6-7-11-22(21)29-23/h3-15,17,23H,16H2,1-2H3,(H,25,27)/t23-/m1/s1. The van der Waals surface area contributed by atoms with Crippen LogP contribution in [0.15, 0.2) is 78.9 Å². The first-order chi connectivity index (χ1) is 14.1. The monoisotopic (exact) mass is 388 g/mol. The lowest BCUT2D eigenvalue weighted by atomic mass is 10.1. The molecule has 5 nitrogen and oxygen atoms in total. The maximum Gasteiger partial charge on any atom is 0.269 e. The lowest BCUT2D eigenvalue weighted by Crippen LogP contribution is -2.40. The molecule has 1 N–H and O–H groups in total. The highest BCUT2D eigenvalue weighted by Gasteiger charge is 2.27.